The molecule has 3 aliphatic heterocycles. The van der Waals surface area contributed by atoms with Gasteiger partial charge in [0.1, 0.15) is 0 Å². The van der Waals surface area contributed by atoms with Crippen molar-refractivity contribution in [3.63, 3.8) is 0 Å². The van der Waals surface area contributed by atoms with Crippen molar-refractivity contribution in [2.24, 2.45) is 10.8 Å². The first kappa shape index (κ1) is 21.6. The lowest BCUT2D eigenvalue weighted by atomic mass is 9.72. The molecule has 0 unspecified atom stereocenters. The highest BCUT2D eigenvalue weighted by Gasteiger charge is 2.47. The maximum atomic E-state index is 13.8. The molecule has 1 aromatic heterocycles. The summed E-state index contributed by atoms with van der Waals surface area (Å²) in [6.45, 7) is 3.86. The summed E-state index contributed by atoms with van der Waals surface area (Å²) in [5.41, 5.74) is 2.25. The zero-order valence-corrected chi connectivity index (χ0v) is 18.9. The molecule has 0 N–H and O–H groups in total. The number of hydrogen-bond acceptors (Lipinski definition) is 4. The van der Waals surface area contributed by atoms with Gasteiger partial charge in [-0.15, -0.1) is 0 Å². The van der Waals surface area contributed by atoms with Gasteiger partial charge in [-0.25, -0.2) is 0 Å². The molecule has 5 rings (SSSR count). The van der Waals surface area contributed by atoms with Crippen molar-refractivity contribution in [2.75, 3.05) is 32.9 Å². The number of ether oxygens (including phenoxy) is 2. The third kappa shape index (κ3) is 4.60. The number of nitrogens with zero attached hydrogens (tertiary/aromatic N) is 2. The molecule has 0 bridgehead atoms. The van der Waals surface area contributed by atoms with Crippen LogP contribution >= 0.6 is 0 Å². The van der Waals surface area contributed by atoms with Gasteiger partial charge in [0.2, 0.25) is 5.91 Å². The van der Waals surface area contributed by atoms with Gasteiger partial charge >= 0.3 is 0 Å². The van der Waals surface area contributed by atoms with E-state index < -0.39 is 0 Å². The van der Waals surface area contributed by atoms with Gasteiger partial charge in [-0.3, -0.25) is 9.78 Å². The summed E-state index contributed by atoms with van der Waals surface area (Å²) in [5, 5.41) is 0. The number of carbonyl (C=O) groups is 1. The van der Waals surface area contributed by atoms with Gasteiger partial charge in [0, 0.05) is 44.6 Å². The van der Waals surface area contributed by atoms with E-state index in [4.69, 9.17) is 9.47 Å². The van der Waals surface area contributed by atoms with E-state index in [2.05, 4.69) is 40.2 Å². The van der Waals surface area contributed by atoms with Crippen LogP contribution in [0.5, 0.6) is 0 Å². The second-order valence-electron chi connectivity index (χ2n) is 10.0. The highest BCUT2D eigenvalue weighted by Crippen LogP contribution is 2.44. The highest BCUT2D eigenvalue weighted by molar-refractivity contribution is 5.83. The molecule has 1 atom stereocenters. The van der Waals surface area contributed by atoms with Crippen LogP contribution in [0.25, 0.3) is 0 Å². The first-order chi connectivity index (χ1) is 15.7. The average molecular weight is 435 g/mol. The van der Waals surface area contributed by atoms with Crippen LogP contribution < -0.4 is 0 Å². The molecular formula is C27H34N2O3. The predicted octanol–water partition coefficient (Wildman–Crippen LogP) is 4.06. The second kappa shape index (κ2) is 9.32. The van der Waals surface area contributed by atoms with Crippen LogP contribution in [0.4, 0.5) is 0 Å². The standard InChI is InChI=1S/C27H34N2O3/c30-25(27(11-16-31-17-12-27)19-22-6-2-1-3-7-22)29-14-9-26(10-15-29)20-24(32-21-26)18-23-8-4-5-13-28-23/h1-8,13,24H,9-12,14-21H2/t24-/m1/s1. The summed E-state index contributed by atoms with van der Waals surface area (Å²) in [7, 11) is 0. The molecule has 0 radical (unpaired) electrons. The number of rotatable bonds is 5. The molecule has 2 aromatic rings. The maximum Gasteiger partial charge on any atom is 0.229 e. The number of benzene rings is 1. The van der Waals surface area contributed by atoms with Crippen molar-refractivity contribution in [3.05, 3.63) is 66.0 Å². The number of piperidine rings is 1. The van der Waals surface area contributed by atoms with Crippen molar-refractivity contribution < 1.29 is 14.3 Å². The maximum absolute atomic E-state index is 13.8. The van der Waals surface area contributed by atoms with Crippen LogP contribution in [-0.2, 0) is 27.1 Å². The number of likely N-dealkylation sites (tertiary alicyclic amines) is 1. The van der Waals surface area contributed by atoms with Crippen molar-refractivity contribution in [2.45, 2.75) is 51.0 Å². The summed E-state index contributed by atoms with van der Waals surface area (Å²) < 4.78 is 11.8. The average Bonchev–Trinajstić information content (AvgIpc) is 3.22. The Balaban J connectivity index is 1.21. The first-order valence-electron chi connectivity index (χ1n) is 12.1. The van der Waals surface area contributed by atoms with Crippen molar-refractivity contribution in [1.82, 2.24) is 9.88 Å². The van der Waals surface area contributed by atoms with E-state index in [0.717, 1.165) is 70.3 Å². The molecule has 5 heteroatoms. The third-order valence-corrected chi connectivity index (χ3v) is 7.85. The van der Waals surface area contributed by atoms with Gasteiger partial charge < -0.3 is 14.4 Å². The Hall–Kier alpha value is -2.24. The van der Waals surface area contributed by atoms with E-state index in [0.29, 0.717) is 19.1 Å². The lowest BCUT2D eigenvalue weighted by Crippen LogP contribution is -2.52. The Morgan fingerprint density at radius 2 is 1.75 bits per heavy atom. The Morgan fingerprint density at radius 3 is 2.47 bits per heavy atom. The Kier molecular flexibility index (Phi) is 6.29. The van der Waals surface area contributed by atoms with E-state index in [9.17, 15) is 4.79 Å². The van der Waals surface area contributed by atoms with Crippen molar-refractivity contribution in [3.8, 4) is 0 Å². The van der Waals surface area contributed by atoms with Crippen LogP contribution in [0.1, 0.15) is 43.4 Å². The zero-order valence-electron chi connectivity index (χ0n) is 18.9. The molecule has 1 amide bonds. The number of hydrogen-bond donors (Lipinski definition) is 0. The molecule has 0 saturated carbocycles. The van der Waals surface area contributed by atoms with Crippen molar-refractivity contribution in [1.29, 1.82) is 0 Å². The van der Waals surface area contributed by atoms with E-state index in [-0.39, 0.29) is 16.9 Å². The number of aromatic nitrogens is 1. The largest absolute Gasteiger partial charge is 0.381 e. The monoisotopic (exact) mass is 434 g/mol. The molecule has 3 aliphatic rings. The lowest BCUT2D eigenvalue weighted by Gasteiger charge is -2.44. The van der Waals surface area contributed by atoms with Gasteiger partial charge in [0.05, 0.1) is 18.1 Å². The van der Waals surface area contributed by atoms with E-state index in [1.165, 1.54) is 5.56 Å². The minimum atomic E-state index is -0.322. The van der Waals surface area contributed by atoms with Gasteiger partial charge in [0.25, 0.3) is 0 Å². The predicted molar refractivity (Wildman–Crippen MR) is 123 cm³/mol. The molecule has 3 saturated heterocycles. The van der Waals surface area contributed by atoms with Crippen LogP contribution in [0.15, 0.2) is 54.7 Å². The summed E-state index contributed by atoms with van der Waals surface area (Å²) in [4.78, 5) is 20.4. The molecular weight excluding hydrogens is 400 g/mol. The van der Waals surface area contributed by atoms with Gasteiger partial charge in [-0.1, -0.05) is 36.4 Å². The fourth-order valence-corrected chi connectivity index (χ4v) is 5.86. The molecule has 1 aromatic carbocycles. The molecule has 5 nitrogen and oxygen atoms in total. The normalized spacial score (nSPS) is 24.5. The van der Waals surface area contributed by atoms with Gasteiger partial charge in [-0.2, -0.15) is 0 Å². The Morgan fingerprint density at radius 1 is 1.00 bits per heavy atom. The number of amides is 1. The van der Waals surface area contributed by atoms with Gasteiger partial charge in [0.15, 0.2) is 0 Å². The quantitative estimate of drug-likeness (QED) is 0.712. The summed E-state index contributed by atoms with van der Waals surface area (Å²) >= 11 is 0. The summed E-state index contributed by atoms with van der Waals surface area (Å²) in [5.74, 6) is 0.337. The highest BCUT2D eigenvalue weighted by atomic mass is 16.5. The zero-order chi connectivity index (χ0) is 21.9. The Labute approximate surface area is 191 Å². The number of carbonyl (C=O) groups excluding carboxylic acids is 1. The van der Waals surface area contributed by atoms with Crippen molar-refractivity contribution >= 4 is 5.91 Å². The van der Waals surface area contributed by atoms with E-state index >= 15 is 0 Å². The van der Waals surface area contributed by atoms with Crippen LogP contribution in [0.3, 0.4) is 0 Å². The minimum absolute atomic E-state index is 0.221. The molecule has 0 aliphatic carbocycles. The summed E-state index contributed by atoms with van der Waals surface area (Å²) in [6.07, 6.45) is 8.57. The topological polar surface area (TPSA) is 51.7 Å². The number of pyridine rings is 1. The second-order valence-corrected chi connectivity index (χ2v) is 10.0. The van der Waals surface area contributed by atoms with Crippen LogP contribution in [-0.4, -0.2) is 54.8 Å². The fraction of sp³-hybridized carbons (Fsp3) is 0.556. The smallest absolute Gasteiger partial charge is 0.229 e. The first-order valence-corrected chi connectivity index (χ1v) is 12.1. The van der Waals surface area contributed by atoms with E-state index in [1.807, 2.05) is 24.4 Å². The molecule has 170 valence electrons. The summed E-state index contributed by atoms with van der Waals surface area (Å²) in [6, 6.07) is 16.5. The van der Waals surface area contributed by atoms with E-state index in [1.54, 1.807) is 0 Å². The molecule has 3 fully saturated rings. The third-order valence-electron chi connectivity index (χ3n) is 7.85. The fourth-order valence-electron chi connectivity index (χ4n) is 5.86. The molecule has 1 spiro atoms. The molecule has 4 heterocycles. The van der Waals surface area contributed by atoms with Crippen LogP contribution in [0, 0.1) is 10.8 Å². The van der Waals surface area contributed by atoms with Crippen LogP contribution in [0.2, 0.25) is 0 Å². The minimum Gasteiger partial charge on any atom is -0.381 e. The Bertz CT molecular complexity index is 888. The molecule has 32 heavy (non-hydrogen) atoms. The lowest BCUT2D eigenvalue weighted by molar-refractivity contribution is -0.150. The SMILES string of the molecule is O=C(N1CCC2(CC1)CO[C@H](Cc1ccccn1)C2)C1(Cc2ccccc2)CCOCC1. The van der Waals surface area contributed by atoms with Gasteiger partial charge in [-0.05, 0) is 61.6 Å².